The first-order valence-corrected chi connectivity index (χ1v) is 5.20. The Morgan fingerprint density at radius 2 is 1.94 bits per heavy atom. The Hall–Kier alpha value is -1.84. The van der Waals surface area contributed by atoms with Crippen LogP contribution in [0.2, 0.25) is 0 Å². The summed E-state index contributed by atoms with van der Waals surface area (Å²) in [6.07, 6.45) is -0.722. The maximum Gasteiger partial charge on any atom is 0.341 e. The molecule has 1 aliphatic heterocycles. The van der Waals surface area contributed by atoms with E-state index in [1.807, 2.05) is 13.8 Å². The number of benzene rings is 1. The van der Waals surface area contributed by atoms with E-state index in [0.29, 0.717) is 11.3 Å². The molecule has 0 bridgehead atoms. The van der Waals surface area contributed by atoms with Crippen molar-refractivity contribution in [2.24, 2.45) is 5.92 Å². The maximum absolute atomic E-state index is 11.8. The summed E-state index contributed by atoms with van der Waals surface area (Å²) in [4.78, 5) is 23.5. The molecule has 0 saturated carbocycles. The van der Waals surface area contributed by atoms with Gasteiger partial charge in [-0.1, -0.05) is 26.0 Å². The minimum atomic E-state index is -0.722. The van der Waals surface area contributed by atoms with Crippen molar-refractivity contribution >= 4 is 17.6 Å². The highest BCUT2D eigenvalue weighted by molar-refractivity contribution is 6.06. The first kappa shape index (κ1) is 10.7. The molecular formula is C12H13NO3. The summed E-state index contributed by atoms with van der Waals surface area (Å²) in [5.41, 5.74) is 0.916. The number of amides is 1. The number of fused-ring (bicyclic) bond motifs is 1. The van der Waals surface area contributed by atoms with Crippen molar-refractivity contribution in [3.63, 3.8) is 0 Å². The first-order valence-electron chi connectivity index (χ1n) is 5.20. The highest BCUT2D eigenvalue weighted by Gasteiger charge is 2.31. The number of nitrogens with one attached hydrogen (secondary N) is 1. The zero-order valence-corrected chi connectivity index (χ0v) is 9.19. The molecule has 0 unspecified atom stereocenters. The van der Waals surface area contributed by atoms with Gasteiger partial charge < -0.3 is 10.1 Å². The number of rotatable bonds is 1. The summed E-state index contributed by atoms with van der Waals surface area (Å²) < 4.78 is 5.16. The molecule has 4 heteroatoms. The van der Waals surface area contributed by atoms with Gasteiger partial charge in [-0.25, -0.2) is 4.79 Å². The monoisotopic (exact) mass is 219 g/mol. The van der Waals surface area contributed by atoms with E-state index in [4.69, 9.17) is 4.74 Å². The number of anilines is 1. The molecule has 1 aliphatic rings. The molecular weight excluding hydrogens is 206 g/mol. The van der Waals surface area contributed by atoms with Crippen LogP contribution >= 0.6 is 0 Å². The van der Waals surface area contributed by atoms with Gasteiger partial charge in [0, 0.05) is 0 Å². The molecule has 0 spiro atoms. The molecule has 2 rings (SSSR count). The Balaban J connectivity index is 2.40. The van der Waals surface area contributed by atoms with Gasteiger partial charge in [-0.05, 0) is 18.1 Å². The average molecular weight is 219 g/mol. The van der Waals surface area contributed by atoms with E-state index in [9.17, 15) is 9.59 Å². The number of carbonyl (C=O) groups excluding carboxylic acids is 2. The van der Waals surface area contributed by atoms with Crippen molar-refractivity contribution in [3.8, 4) is 0 Å². The highest BCUT2D eigenvalue weighted by atomic mass is 16.5. The summed E-state index contributed by atoms with van der Waals surface area (Å²) in [7, 11) is 0. The largest absolute Gasteiger partial charge is 0.448 e. The number of hydrogen-bond donors (Lipinski definition) is 1. The summed E-state index contributed by atoms with van der Waals surface area (Å²) >= 11 is 0. The van der Waals surface area contributed by atoms with Crippen LogP contribution < -0.4 is 5.32 Å². The van der Waals surface area contributed by atoms with E-state index >= 15 is 0 Å². The van der Waals surface area contributed by atoms with Gasteiger partial charge in [0.2, 0.25) is 0 Å². The maximum atomic E-state index is 11.8. The molecule has 1 aromatic carbocycles. The Morgan fingerprint density at radius 3 is 2.62 bits per heavy atom. The molecule has 84 valence electrons. The third kappa shape index (κ3) is 1.78. The molecule has 0 radical (unpaired) electrons. The fourth-order valence-electron chi connectivity index (χ4n) is 1.65. The van der Waals surface area contributed by atoms with Crippen LogP contribution in [0.5, 0.6) is 0 Å². The number of esters is 1. The molecule has 1 amide bonds. The summed E-state index contributed by atoms with van der Waals surface area (Å²) in [5, 5.41) is 2.70. The lowest BCUT2D eigenvalue weighted by Crippen LogP contribution is -2.34. The lowest BCUT2D eigenvalue weighted by atomic mass is 10.1. The molecule has 1 heterocycles. The van der Waals surface area contributed by atoms with E-state index in [0.717, 1.165) is 0 Å². The van der Waals surface area contributed by atoms with Crippen molar-refractivity contribution in [3.05, 3.63) is 29.8 Å². The molecule has 0 aliphatic carbocycles. The van der Waals surface area contributed by atoms with E-state index in [-0.39, 0.29) is 11.8 Å². The topological polar surface area (TPSA) is 55.4 Å². The van der Waals surface area contributed by atoms with Crippen molar-refractivity contribution in [1.29, 1.82) is 0 Å². The quantitative estimate of drug-likeness (QED) is 0.733. The Bertz CT molecular complexity index is 440. The lowest BCUT2D eigenvalue weighted by molar-refractivity contribution is -0.126. The zero-order valence-electron chi connectivity index (χ0n) is 9.19. The summed E-state index contributed by atoms with van der Waals surface area (Å²) in [6.45, 7) is 3.68. The van der Waals surface area contributed by atoms with Crippen LogP contribution in [0, 0.1) is 5.92 Å². The average Bonchev–Trinajstić information content (AvgIpc) is 2.37. The number of para-hydroxylation sites is 1. The number of ether oxygens (including phenoxy) is 1. The second-order valence-corrected chi connectivity index (χ2v) is 4.10. The highest BCUT2D eigenvalue weighted by Crippen LogP contribution is 2.23. The molecule has 4 nitrogen and oxygen atoms in total. The minimum absolute atomic E-state index is 0.0433. The molecule has 0 saturated heterocycles. The van der Waals surface area contributed by atoms with Crippen molar-refractivity contribution < 1.29 is 14.3 Å². The van der Waals surface area contributed by atoms with Crippen LogP contribution in [-0.2, 0) is 9.53 Å². The van der Waals surface area contributed by atoms with Gasteiger partial charge in [0.1, 0.15) is 0 Å². The lowest BCUT2D eigenvalue weighted by Gasteiger charge is -2.16. The van der Waals surface area contributed by atoms with Crippen LogP contribution in [0.15, 0.2) is 24.3 Å². The van der Waals surface area contributed by atoms with Crippen LogP contribution in [0.25, 0.3) is 0 Å². The fourth-order valence-corrected chi connectivity index (χ4v) is 1.65. The number of carbonyl (C=O) groups is 2. The van der Waals surface area contributed by atoms with Crippen LogP contribution in [0.4, 0.5) is 5.69 Å². The minimum Gasteiger partial charge on any atom is -0.448 e. The van der Waals surface area contributed by atoms with Crippen molar-refractivity contribution in [1.82, 2.24) is 0 Å². The van der Waals surface area contributed by atoms with E-state index < -0.39 is 12.1 Å². The second kappa shape index (κ2) is 3.96. The van der Waals surface area contributed by atoms with Crippen LogP contribution in [0.1, 0.15) is 24.2 Å². The third-order valence-electron chi connectivity index (χ3n) is 2.50. The van der Waals surface area contributed by atoms with Crippen molar-refractivity contribution in [2.75, 3.05) is 5.32 Å². The number of cyclic esters (lactones) is 1. The molecule has 16 heavy (non-hydrogen) atoms. The predicted octanol–water partition coefficient (Wildman–Crippen LogP) is 1.82. The van der Waals surface area contributed by atoms with Crippen molar-refractivity contribution in [2.45, 2.75) is 20.0 Å². The second-order valence-electron chi connectivity index (χ2n) is 4.10. The fraction of sp³-hybridized carbons (Fsp3) is 0.333. The Labute approximate surface area is 93.6 Å². The zero-order chi connectivity index (χ0) is 11.7. The van der Waals surface area contributed by atoms with E-state index in [2.05, 4.69) is 5.32 Å². The molecule has 1 N–H and O–H groups in total. The third-order valence-corrected chi connectivity index (χ3v) is 2.50. The van der Waals surface area contributed by atoms with Gasteiger partial charge in [-0.3, -0.25) is 4.79 Å². The Kier molecular flexibility index (Phi) is 2.64. The summed E-state index contributed by atoms with van der Waals surface area (Å²) in [6, 6.07) is 6.84. The molecule has 0 aromatic heterocycles. The van der Waals surface area contributed by atoms with Gasteiger partial charge in [0.25, 0.3) is 5.91 Å². The van der Waals surface area contributed by atoms with Gasteiger partial charge in [-0.2, -0.15) is 0 Å². The van der Waals surface area contributed by atoms with E-state index in [1.165, 1.54) is 0 Å². The molecule has 1 aromatic rings. The Morgan fingerprint density at radius 1 is 1.25 bits per heavy atom. The molecule has 1 atom stereocenters. The van der Waals surface area contributed by atoms with Gasteiger partial charge in [0.05, 0.1) is 11.3 Å². The standard InChI is InChI=1S/C12H13NO3/c1-7(2)10-11(14)13-9-6-4-3-5-8(9)12(15)16-10/h3-7,10H,1-2H3,(H,13,14)/t10-/m1/s1. The van der Waals surface area contributed by atoms with Gasteiger partial charge in [-0.15, -0.1) is 0 Å². The smallest absolute Gasteiger partial charge is 0.341 e. The van der Waals surface area contributed by atoms with Gasteiger partial charge >= 0.3 is 5.97 Å². The first-order chi connectivity index (χ1) is 7.59. The van der Waals surface area contributed by atoms with E-state index in [1.54, 1.807) is 24.3 Å². The predicted molar refractivity (Wildman–Crippen MR) is 59.1 cm³/mol. The SMILES string of the molecule is CC(C)[C@H]1OC(=O)c2ccccc2NC1=O. The van der Waals surface area contributed by atoms with Crippen LogP contribution in [0.3, 0.4) is 0 Å². The number of hydrogen-bond acceptors (Lipinski definition) is 3. The van der Waals surface area contributed by atoms with Crippen LogP contribution in [-0.4, -0.2) is 18.0 Å². The molecule has 0 fully saturated rings. The normalized spacial score (nSPS) is 19.8. The summed E-state index contributed by atoms with van der Waals surface area (Å²) in [5.74, 6) is -0.765. The van der Waals surface area contributed by atoms with Gasteiger partial charge in [0.15, 0.2) is 6.10 Å².